The van der Waals surface area contributed by atoms with Crippen LogP contribution in [-0.4, -0.2) is 37.2 Å². The number of nitrogens with zero attached hydrogens (tertiary/aromatic N) is 4. The van der Waals surface area contributed by atoms with Gasteiger partial charge in [0.15, 0.2) is 12.1 Å². The quantitative estimate of drug-likeness (QED) is 0.250. The lowest BCUT2D eigenvalue weighted by Crippen LogP contribution is -2.32. The highest BCUT2D eigenvalue weighted by molar-refractivity contribution is 5.78. The molecule has 156 valence electrons. The van der Waals surface area contributed by atoms with Gasteiger partial charge in [-0.05, 0) is 25.7 Å². The van der Waals surface area contributed by atoms with Crippen LogP contribution in [0.1, 0.15) is 66.2 Å². The molecule has 0 aliphatic heterocycles. The number of ether oxygens (including phenoxy) is 2. The Bertz CT molecular complexity index is 530. The Labute approximate surface area is 167 Å². The predicted molar refractivity (Wildman–Crippen MR) is 103 cm³/mol. The largest absolute Gasteiger partial charge is 0.464 e. The summed E-state index contributed by atoms with van der Waals surface area (Å²) in [4.78, 5) is 24.7. The second-order valence-electron chi connectivity index (χ2n) is 6.45. The molecule has 0 amide bonds. The van der Waals surface area contributed by atoms with E-state index in [1.54, 1.807) is 13.8 Å². The fourth-order valence-corrected chi connectivity index (χ4v) is 2.30. The Morgan fingerprint density at radius 3 is 1.39 bits per heavy atom. The van der Waals surface area contributed by atoms with Crippen molar-refractivity contribution < 1.29 is 19.1 Å². The fourth-order valence-electron chi connectivity index (χ4n) is 2.30. The molecule has 0 aromatic heterocycles. The number of hydrogen-bond donors (Lipinski definition) is 0. The van der Waals surface area contributed by atoms with Gasteiger partial charge in [-0.15, -0.1) is 0 Å². The maximum absolute atomic E-state index is 12.4. The summed E-state index contributed by atoms with van der Waals surface area (Å²) in [6.45, 7) is 7.93. The summed E-state index contributed by atoms with van der Waals surface area (Å²) in [5.74, 6) is -2.74. The van der Waals surface area contributed by atoms with Crippen LogP contribution >= 0.6 is 0 Å². The van der Waals surface area contributed by atoms with E-state index in [-0.39, 0.29) is 13.2 Å². The van der Waals surface area contributed by atoms with Gasteiger partial charge in [-0.25, -0.2) is 9.59 Å². The van der Waals surface area contributed by atoms with Gasteiger partial charge in [0, 0.05) is 0 Å². The lowest BCUT2D eigenvalue weighted by Gasteiger charge is -2.18. The summed E-state index contributed by atoms with van der Waals surface area (Å²) in [6.07, 6.45) is 3.89. The number of nitriles is 2. The second kappa shape index (κ2) is 15.6. The van der Waals surface area contributed by atoms with Gasteiger partial charge < -0.3 is 9.47 Å². The minimum absolute atomic E-state index is 0.238. The van der Waals surface area contributed by atoms with Gasteiger partial charge in [0.25, 0.3) is 0 Å². The van der Waals surface area contributed by atoms with E-state index in [1.807, 2.05) is 26.0 Å². The zero-order valence-corrected chi connectivity index (χ0v) is 17.4. The Balaban J connectivity index is 5.50. The molecule has 0 bridgehead atoms. The van der Waals surface area contributed by atoms with E-state index >= 15 is 0 Å². The maximum Gasteiger partial charge on any atom is 0.334 e. The molecule has 0 spiro atoms. The number of carbonyl (C=O) groups is 2. The summed E-state index contributed by atoms with van der Waals surface area (Å²) in [5, 5.41) is 26.6. The predicted octanol–water partition coefficient (Wildman–Crippen LogP) is 3.96. The molecule has 0 saturated carbocycles. The van der Waals surface area contributed by atoms with Gasteiger partial charge >= 0.3 is 11.9 Å². The van der Waals surface area contributed by atoms with Crippen molar-refractivity contribution in [2.75, 3.05) is 13.2 Å². The van der Waals surface area contributed by atoms with Crippen molar-refractivity contribution in [2.24, 2.45) is 22.1 Å². The molecule has 28 heavy (non-hydrogen) atoms. The van der Waals surface area contributed by atoms with Gasteiger partial charge in [0.05, 0.1) is 37.2 Å². The van der Waals surface area contributed by atoms with Crippen LogP contribution in [0, 0.1) is 34.5 Å². The Kier molecular flexibility index (Phi) is 14.2. The van der Waals surface area contributed by atoms with Gasteiger partial charge in [-0.3, -0.25) is 0 Å². The highest BCUT2D eigenvalue weighted by Crippen LogP contribution is 2.19. The Morgan fingerprint density at radius 1 is 0.786 bits per heavy atom. The lowest BCUT2D eigenvalue weighted by molar-refractivity contribution is -0.148. The van der Waals surface area contributed by atoms with E-state index in [9.17, 15) is 20.1 Å². The molecule has 8 heteroatoms. The Morgan fingerprint density at radius 2 is 1.14 bits per heavy atom. The average molecular weight is 393 g/mol. The molecule has 0 fully saturated rings. The first-order valence-electron chi connectivity index (χ1n) is 10.0. The number of unbranched alkanes of at least 4 members (excludes halogenated alkanes) is 2. The van der Waals surface area contributed by atoms with Crippen LogP contribution in [0.3, 0.4) is 0 Å². The highest BCUT2D eigenvalue weighted by atomic mass is 16.5. The van der Waals surface area contributed by atoms with Crippen LogP contribution in [0.15, 0.2) is 10.2 Å². The van der Waals surface area contributed by atoms with Gasteiger partial charge in [0.1, 0.15) is 0 Å². The van der Waals surface area contributed by atoms with Crippen molar-refractivity contribution in [3.05, 3.63) is 0 Å². The molecular formula is C20H32N4O4. The van der Waals surface area contributed by atoms with Crippen molar-refractivity contribution in [1.82, 2.24) is 0 Å². The van der Waals surface area contributed by atoms with Crippen molar-refractivity contribution in [1.29, 1.82) is 10.5 Å². The van der Waals surface area contributed by atoms with Crippen LogP contribution in [-0.2, 0) is 19.1 Å². The van der Waals surface area contributed by atoms with Crippen LogP contribution in [0.5, 0.6) is 0 Å². The van der Waals surface area contributed by atoms with Gasteiger partial charge in [-0.2, -0.15) is 20.8 Å². The smallest absolute Gasteiger partial charge is 0.334 e. The highest BCUT2D eigenvalue weighted by Gasteiger charge is 2.32. The standard InChI is InChI=1S/C20H32N4O4/c1-5-9-11-27-19(25)17(15(7-3)13-21)23-24-18(16(8-4)14-22)20(26)28-12-10-6-2/h15-18H,5-12H2,1-4H3. The normalized spacial score (nSPS) is 15.1. The molecule has 0 rings (SSSR count). The summed E-state index contributed by atoms with van der Waals surface area (Å²) in [5.41, 5.74) is 0. The summed E-state index contributed by atoms with van der Waals surface area (Å²) >= 11 is 0. The number of azo groups is 1. The van der Waals surface area contributed by atoms with E-state index in [2.05, 4.69) is 10.2 Å². The Hall–Kier alpha value is -2.48. The number of carbonyl (C=O) groups excluding carboxylic acids is 2. The first-order chi connectivity index (χ1) is 13.5. The third kappa shape index (κ3) is 8.94. The molecule has 0 aromatic carbocycles. The van der Waals surface area contributed by atoms with E-state index < -0.39 is 35.9 Å². The van der Waals surface area contributed by atoms with Crippen molar-refractivity contribution >= 4 is 11.9 Å². The van der Waals surface area contributed by atoms with Crippen molar-refractivity contribution in [2.45, 2.75) is 78.3 Å². The van der Waals surface area contributed by atoms with Crippen LogP contribution < -0.4 is 0 Å². The zero-order chi connectivity index (χ0) is 21.4. The third-order valence-electron chi connectivity index (χ3n) is 4.26. The van der Waals surface area contributed by atoms with E-state index in [4.69, 9.17) is 9.47 Å². The molecular weight excluding hydrogens is 360 g/mol. The molecule has 0 N–H and O–H groups in total. The first kappa shape index (κ1) is 25.5. The van der Waals surface area contributed by atoms with Gasteiger partial charge in [-0.1, -0.05) is 40.5 Å². The first-order valence-corrected chi connectivity index (χ1v) is 10.0. The number of rotatable bonds is 14. The third-order valence-corrected chi connectivity index (χ3v) is 4.26. The van der Waals surface area contributed by atoms with Crippen LogP contribution in [0.4, 0.5) is 0 Å². The molecule has 8 nitrogen and oxygen atoms in total. The van der Waals surface area contributed by atoms with Crippen LogP contribution in [0.2, 0.25) is 0 Å². The molecule has 4 unspecified atom stereocenters. The van der Waals surface area contributed by atoms with E-state index in [0.29, 0.717) is 25.7 Å². The van der Waals surface area contributed by atoms with E-state index in [1.165, 1.54) is 0 Å². The van der Waals surface area contributed by atoms with Gasteiger partial charge in [0.2, 0.25) is 0 Å². The SMILES string of the molecule is CCCCOC(=O)C(N=NC(C(=O)OCCCC)C(C#N)CC)C(C#N)CC. The lowest BCUT2D eigenvalue weighted by atomic mass is 9.98. The molecule has 0 aromatic rings. The molecule has 0 aliphatic rings. The van der Waals surface area contributed by atoms with E-state index in [0.717, 1.165) is 12.8 Å². The average Bonchev–Trinajstić information content (AvgIpc) is 2.70. The molecule has 0 saturated heterocycles. The maximum atomic E-state index is 12.4. The van der Waals surface area contributed by atoms with Crippen molar-refractivity contribution in [3.8, 4) is 12.1 Å². The summed E-state index contributed by atoms with van der Waals surface area (Å²) in [7, 11) is 0. The molecule has 4 atom stereocenters. The number of hydrogen-bond acceptors (Lipinski definition) is 8. The van der Waals surface area contributed by atoms with Crippen LogP contribution in [0.25, 0.3) is 0 Å². The number of esters is 2. The fraction of sp³-hybridized carbons (Fsp3) is 0.800. The topological polar surface area (TPSA) is 125 Å². The zero-order valence-electron chi connectivity index (χ0n) is 17.4. The monoisotopic (exact) mass is 392 g/mol. The molecule has 0 radical (unpaired) electrons. The summed E-state index contributed by atoms with van der Waals surface area (Å²) < 4.78 is 10.4. The summed E-state index contributed by atoms with van der Waals surface area (Å²) in [6, 6.07) is 1.82. The minimum atomic E-state index is -1.13. The minimum Gasteiger partial charge on any atom is -0.464 e. The molecule has 0 aliphatic carbocycles. The van der Waals surface area contributed by atoms with Crippen molar-refractivity contribution in [3.63, 3.8) is 0 Å². The molecule has 0 heterocycles. The second-order valence-corrected chi connectivity index (χ2v) is 6.45.